The SMILES string of the molecule is Cc1ccccc1CN1CCC2(CCN(C3CCN(C(=O)c4cc(C(F)(F)F)cc(C(F)(F)F)c4)[C@H](Cc4ccccc4)C3)CC2)OC1=O. The first-order valence-corrected chi connectivity index (χ1v) is 16.6. The number of piperidine rings is 2. The Labute approximate surface area is 281 Å². The molecule has 0 aromatic heterocycles. The molecule has 1 unspecified atom stereocenters. The highest BCUT2D eigenvalue weighted by Gasteiger charge is 2.45. The van der Waals surface area contributed by atoms with Gasteiger partial charge in [-0.1, -0.05) is 54.6 Å². The van der Waals surface area contributed by atoms with E-state index in [4.69, 9.17) is 4.74 Å². The summed E-state index contributed by atoms with van der Waals surface area (Å²) in [6.07, 6.45) is -6.97. The molecule has 3 saturated heterocycles. The van der Waals surface area contributed by atoms with Crippen molar-refractivity contribution in [1.29, 1.82) is 0 Å². The Kier molecular flexibility index (Phi) is 9.72. The van der Waals surface area contributed by atoms with E-state index in [1.165, 1.54) is 4.90 Å². The standard InChI is InChI=1S/C37H39F6N3O3/c1-25-7-5-6-10-27(25)24-45-18-14-35(49-34(45)48)12-16-44(17-13-35)31-11-15-46(32(23-31)19-26-8-3-2-4-9-26)33(47)28-20-29(36(38,39)40)22-30(21-28)37(41,42)43/h2-10,20-22,31-32H,11-19,23-24H2,1H3/t31?,32-/m1/s1. The van der Waals surface area contributed by atoms with E-state index in [-0.39, 0.29) is 24.7 Å². The zero-order valence-electron chi connectivity index (χ0n) is 27.2. The minimum atomic E-state index is -5.05. The largest absolute Gasteiger partial charge is 0.443 e. The number of nitrogens with zero attached hydrogens (tertiary/aromatic N) is 3. The van der Waals surface area contributed by atoms with Crippen LogP contribution in [0.25, 0.3) is 0 Å². The van der Waals surface area contributed by atoms with E-state index in [0.29, 0.717) is 70.4 Å². The van der Waals surface area contributed by atoms with Crippen LogP contribution in [0.5, 0.6) is 0 Å². The van der Waals surface area contributed by atoms with Gasteiger partial charge in [-0.25, -0.2) is 4.79 Å². The van der Waals surface area contributed by atoms with Crippen molar-refractivity contribution in [2.45, 2.75) is 82.0 Å². The first-order chi connectivity index (χ1) is 23.2. The fraction of sp³-hybridized carbons (Fsp3) is 0.459. The minimum absolute atomic E-state index is 0.0406. The number of aryl methyl sites for hydroxylation is 1. The first kappa shape index (κ1) is 34.8. The second kappa shape index (κ2) is 13.7. The lowest BCUT2D eigenvalue weighted by molar-refractivity contribution is -0.143. The molecule has 12 heteroatoms. The summed E-state index contributed by atoms with van der Waals surface area (Å²) in [5, 5.41) is 0. The van der Waals surface area contributed by atoms with Crippen molar-refractivity contribution in [1.82, 2.24) is 14.7 Å². The van der Waals surface area contributed by atoms with Gasteiger partial charge in [-0.2, -0.15) is 26.3 Å². The Morgan fingerprint density at radius 1 is 0.837 bits per heavy atom. The lowest BCUT2D eigenvalue weighted by atomic mass is 9.84. The Hall–Kier alpha value is -4.06. The number of rotatable bonds is 6. The van der Waals surface area contributed by atoms with Crippen molar-refractivity contribution in [2.24, 2.45) is 0 Å². The van der Waals surface area contributed by atoms with Gasteiger partial charge in [0.15, 0.2) is 0 Å². The molecule has 1 spiro atoms. The van der Waals surface area contributed by atoms with E-state index in [2.05, 4.69) is 4.90 Å². The van der Waals surface area contributed by atoms with Gasteiger partial charge in [0.05, 0.1) is 11.1 Å². The van der Waals surface area contributed by atoms with Gasteiger partial charge in [0.1, 0.15) is 5.60 Å². The van der Waals surface area contributed by atoms with Crippen LogP contribution in [0.1, 0.15) is 70.3 Å². The van der Waals surface area contributed by atoms with Gasteiger partial charge in [-0.05, 0) is 61.1 Å². The number of carbonyl (C=O) groups excluding carboxylic acids is 2. The van der Waals surface area contributed by atoms with Crippen molar-refractivity contribution < 1.29 is 40.7 Å². The molecule has 2 atom stereocenters. The first-order valence-electron chi connectivity index (χ1n) is 16.6. The topological polar surface area (TPSA) is 53.1 Å². The van der Waals surface area contributed by atoms with Gasteiger partial charge in [-0.3, -0.25) is 9.69 Å². The van der Waals surface area contributed by atoms with Crippen LogP contribution in [0, 0.1) is 6.92 Å². The van der Waals surface area contributed by atoms with Crippen LogP contribution in [0.3, 0.4) is 0 Å². The summed E-state index contributed by atoms with van der Waals surface area (Å²) in [6.45, 7) is 4.63. The van der Waals surface area contributed by atoms with Gasteiger partial charge < -0.3 is 14.5 Å². The quantitative estimate of drug-likeness (QED) is 0.246. The number of benzene rings is 3. The second-order valence-corrected chi connectivity index (χ2v) is 13.5. The second-order valence-electron chi connectivity index (χ2n) is 13.5. The highest BCUT2D eigenvalue weighted by atomic mass is 19.4. The molecule has 6 nitrogen and oxygen atoms in total. The maximum Gasteiger partial charge on any atom is 0.416 e. The molecule has 3 aliphatic heterocycles. The number of likely N-dealkylation sites (tertiary alicyclic amines) is 2. The van der Waals surface area contributed by atoms with Crippen LogP contribution in [-0.2, 0) is 30.1 Å². The normalized spacial score (nSPS) is 21.9. The van der Waals surface area contributed by atoms with E-state index >= 15 is 0 Å². The third-order valence-corrected chi connectivity index (χ3v) is 10.3. The van der Waals surface area contributed by atoms with Crippen molar-refractivity contribution in [3.8, 4) is 0 Å². The van der Waals surface area contributed by atoms with Gasteiger partial charge in [0.25, 0.3) is 5.91 Å². The van der Waals surface area contributed by atoms with Crippen molar-refractivity contribution in [3.05, 3.63) is 106 Å². The third kappa shape index (κ3) is 7.90. The number of hydrogen-bond donors (Lipinski definition) is 0. The van der Waals surface area contributed by atoms with Crippen LogP contribution in [0.15, 0.2) is 72.8 Å². The smallest absolute Gasteiger partial charge is 0.416 e. The van der Waals surface area contributed by atoms with Crippen LogP contribution >= 0.6 is 0 Å². The van der Waals surface area contributed by atoms with Crippen molar-refractivity contribution >= 4 is 12.0 Å². The van der Waals surface area contributed by atoms with Gasteiger partial charge in [-0.15, -0.1) is 0 Å². The van der Waals surface area contributed by atoms with E-state index in [0.717, 1.165) is 23.1 Å². The summed E-state index contributed by atoms with van der Waals surface area (Å²) >= 11 is 0. The molecule has 0 bridgehead atoms. The number of ether oxygens (including phenoxy) is 1. The summed E-state index contributed by atoms with van der Waals surface area (Å²) < 4.78 is 87.8. The molecule has 49 heavy (non-hydrogen) atoms. The number of amides is 2. The third-order valence-electron chi connectivity index (χ3n) is 10.3. The zero-order chi connectivity index (χ0) is 35.0. The Morgan fingerprint density at radius 3 is 2.06 bits per heavy atom. The average Bonchev–Trinajstić information content (AvgIpc) is 3.06. The van der Waals surface area contributed by atoms with Crippen LogP contribution in [-0.4, -0.2) is 70.6 Å². The van der Waals surface area contributed by atoms with Crippen molar-refractivity contribution in [3.63, 3.8) is 0 Å². The van der Waals surface area contributed by atoms with Crippen LogP contribution < -0.4 is 0 Å². The molecule has 0 radical (unpaired) electrons. The summed E-state index contributed by atoms with van der Waals surface area (Å²) in [7, 11) is 0. The average molecular weight is 688 g/mol. The molecule has 3 fully saturated rings. The molecule has 262 valence electrons. The maximum atomic E-state index is 13.8. The molecule has 3 aromatic rings. The molecular weight excluding hydrogens is 648 g/mol. The van der Waals surface area contributed by atoms with Gasteiger partial charge in [0.2, 0.25) is 0 Å². The molecule has 0 N–H and O–H groups in total. The zero-order valence-corrected chi connectivity index (χ0v) is 27.2. The number of hydrogen-bond acceptors (Lipinski definition) is 4. The highest BCUT2D eigenvalue weighted by Crippen LogP contribution is 2.39. The Balaban J connectivity index is 1.15. The fourth-order valence-electron chi connectivity index (χ4n) is 7.47. The number of carbonyl (C=O) groups is 2. The molecule has 0 aliphatic carbocycles. The highest BCUT2D eigenvalue weighted by molar-refractivity contribution is 5.95. The van der Waals surface area contributed by atoms with Crippen LogP contribution in [0.4, 0.5) is 31.1 Å². The molecule has 6 rings (SSSR count). The van der Waals surface area contributed by atoms with Crippen molar-refractivity contribution in [2.75, 3.05) is 26.2 Å². The summed E-state index contributed by atoms with van der Waals surface area (Å²) in [4.78, 5) is 32.3. The molecule has 3 aliphatic rings. The lowest BCUT2D eigenvalue weighted by Gasteiger charge is -2.49. The molecule has 2 amide bonds. The summed E-state index contributed by atoms with van der Waals surface area (Å²) in [6, 6.07) is 17.9. The predicted octanol–water partition coefficient (Wildman–Crippen LogP) is 8.13. The lowest BCUT2D eigenvalue weighted by Crippen LogP contribution is -2.58. The fourth-order valence-corrected chi connectivity index (χ4v) is 7.47. The molecule has 3 heterocycles. The van der Waals surface area contributed by atoms with Crippen LogP contribution in [0.2, 0.25) is 0 Å². The maximum absolute atomic E-state index is 13.8. The van der Waals surface area contributed by atoms with E-state index < -0.39 is 46.6 Å². The molecule has 3 aromatic carbocycles. The molecule has 0 saturated carbocycles. The van der Waals surface area contributed by atoms with E-state index in [9.17, 15) is 35.9 Å². The summed E-state index contributed by atoms with van der Waals surface area (Å²) in [5.41, 5.74) is -1.09. The molecular formula is C37H39F6N3O3. The van der Waals surface area contributed by atoms with E-state index in [1.54, 1.807) is 4.90 Å². The summed E-state index contributed by atoms with van der Waals surface area (Å²) in [5.74, 6) is -0.849. The predicted molar refractivity (Wildman–Crippen MR) is 171 cm³/mol. The van der Waals surface area contributed by atoms with Gasteiger partial charge in [0, 0.05) is 69.6 Å². The monoisotopic (exact) mass is 687 g/mol. The Morgan fingerprint density at radius 2 is 1.45 bits per heavy atom. The Bertz CT molecular complexity index is 1620. The number of alkyl halides is 6. The van der Waals surface area contributed by atoms with E-state index in [1.807, 2.05) is 61.5 Å². The minimum Gasteiger partial charge on any atom is -0.443 e. The van der Waals surface area contributed by atoms with Gasteiger partial charge >= 0.3 is 18.4 Å². The number of halogens is 6.